The smallest absolute Gasteiger partial charge is 0.293 e. The molecular formula is C11H15IN2O3. The normalized spacial score (nSPS) is 12.2. The molecule has 0 amide bonds. The molecule has 0 aliphatic carbocycles. The molecule has 0 saturated carbocycles. The molecule has 0 fully saturated rings. The fourth-order valence-corrected chi connectivity index (χ4v) is 1.89. The zero-order valence-electron chi connectivity index (χ0n) is 9.52. The maximum Gasteiger partial charge on any atom is 0.293 e. The lowest BCUT2D eigenvalue weighted by Gasteiger charge is -2.12. The molecule has 94 valence electrons. The van der Waals surface area contributed by atoms with Gasteiger partial charge in [0.2, 0.25) is 0 Å². The maximum atomic E-state index is 10.9. The Morgan fingerprint density at radius 1 is 1.59 bits per heavy atom. The number of benzene rings is 1. The maximum absolute atomic E-state index is 10.9. The monoisotopic (exact) mass is 350 g/mol. The van der Waals surface area contributed by atoms with Crippen molar-refractivity contribution in [1.82, 2.24) is 0 Å². The number of hydrogen-bond acceptors (Lipinski definition) is 4. The highest BCUT2D eigenvalue weighted by atomic mass is 127. The number of aliphatic hydroxyl groups is 1. The highest BCUT2D eigenvalue weighted by Crippen LogP contribution is 2.26. The second-order valence-corrected chi connectivity index (χ2v) is 5.16. The van der Waals surface area contributed by atoms with Crippen LogP contribution in [0.15, 0.2) is 18.2 Å². The van der Waals surface area contributed by atoms with Gasteiger partial charge in [-0.1, -0.05) is 6.92 Å². The predicted octanol–water partition coefficient (Wildman–Crippen LogP) is 2.63. The Kier molecular flexibility index (Phi) is 5.63. The molecule has 6 heteroatoms. The molecule has 17 heavy (non-hydrogen) atoms. The second-order valence-electron chi connectivity index (χ2n) is 3.92. The number of rotatable bonds is 6. The zero-order chi connectivity index (χ0) is 12.8. The van der Waals surface area contributed by atoms with Crippen molar-refractivity contribution in [3.63, 3.8) is 0 Å². The van der Waals surface area contributed by atoms with Crippen molar-refractivity contribution in [2.45, 2.75) is 13.3 Å². The minimum Gasteiger partial charge on any atom is -0.396 e. The van der Waals surface area contributed by atoms with Gasteiger partial charge in [0.25, 0.3) is 5.69 Å². The topological polar surface area (TPSA) is 75.4 Å². The number of nitrogens with one attached hydrogen (secondary N) is 1. The Balaban J connectivity index is 2.73. The van der Waals surface area contributed by atoms with Gasteiger partial charge >= 0.3 is 0 Å². The summed E-state index contributed by atoms with van der Waals surface area (Å²) in [4.78, 5) is 10.5. The molecule has 0 radical (unpaired) electrons. The van der Waals surface area contributed by atoms with Crippen molar-refractivity contribution in [3.8, 4) is 0 Å². The molecule has 1 aromatic carbocycles. The first-order chi connectivity index (χ1) is 8.04. The van der Waals surface area contributed by atoms with Gasteiger partial charge in [0.15, 0.2) is 0 Å². The molecule has 1 aromatic rings. The van der Waals surface area contributed by atoms with Crippen LogP contribution in [0.3, 0.4) is 0 Å². The molecule has 0 spiro atoms. The molecule has 5 nitrogen and oxygen atoms in total. The number of halogens is 1. The number of nitro benzene ring substituents is 1. The summed E-state index contributed by atoms with van der Waals surface area (Å²) in [6.45, 7) is 2.74. The van der Waals surface area contributed by atoms with E-state index in [2.05, 4.69) is 5.32 Å². The van der Waals surface area contributed by atoms with Gasteiger partial charge in [-0.3, -0.25) is 10.1 Å². The van der Waals surface area contributed by atoms with Gasteiger partial charge in [0.1, 0.15) is 5.69 Å². The second kappa shape index (κ2) is 6.75. The van der Waals surface area contributed by atoms with Crippen LogP contribution < -0.4 is 5.32 Å². The van der Waals surface area contributed by atoms with E-state index in [1.54, 1.807) is 12.1 Å². The Labute approximate surface area is 114 Å². The first-order valence-electron chi connectivity index (χ1n) is 5.33. The molecule has 0 aliphatic rings. The molecule has 2 N–H and O–H groups in total. The number of aliphatic hydroxyl groups excluding tert-OH is 1. The lowest BCUT2D eigenvalue weighted by Crippen LogP contribution is -2.13. The van der Waals surface area contributed by atoms with Crippen LogP contribution in [-0.2, 0) is 0 Å². The van der Waals surface area contributed by atoms with Crippen LogP contribution in [0.5, 0.6) is 0 Å². The van der Waals surface area contributed by atoms with Gasteiger partial charge in [0.05, 0.1) is 4.92 Å². The Morgan fingerprint density at radius 2 is 2.29 bits per heavy atom. The van der Waals surface area contributed by atoms with E-state index in [0.717, 1.165) is 3.57 Å². The van der Waals surface area contributed by atoms with Crippen molar-refractivity contribution in [2.24, 2.45) is 5.92 Å². The molecule has 0 heterocycles. The average molecular weight is 350 g/mol. The fourth-order valence-electron chi connectivity index (χ4n) is 1.41. The van der Waals surface area contributed by atoms with E-state index in [1.165, 1.54) is 0 Å². The Bertz CT molecular complexity index is 398. The highest BCUT2D eigenvalue weighted by molar-refractivity contribution is 14.1. The summed E-state index contributed by atoms with van der Waals surface area (Å²) in [5.41, 5.74) is 0.619. The van der Waals surface area contributed by atoms with Gasteiger partial charge in [-0.15, -0.1) is 0 Å². The van der Waals surface area contributed by atoms with E-state index in [0.29, 0.717) is 18.7 Å². The number of nitrogens with zero attached hydrogens (tertiary/aromatic N) is 1. The number of anilines is 1. The van der Waals surface area contributed by atoms with Crippen LogP contribution in [0.1, 0.15) is 13.3 Å². The minimum absolute atomic E-state index is 0.0908. The zero-order valence-corrected chi connectivity index (χ0v) is 11.7. The summed E-state index contributed by atoms with van der Waals surface area (Å²) in [5, 5.41) is 22.7. The number of nitro groups is 1. The van der Waals surface area contributed by atoms with Crippen molar-refractivity contribution in [1.29, 1.82) is 0 Å². The van der Waals surface area contributed by atoms with E-state index in [9.17, 15) is 10.1 Å². The Morgan fingerprint density at radius 3 is 2.88 bits per heavy atom. The van der Waals surface area contributed by atoms with Crippen LogP contribution in [0.4, 0.5) is 11.4 Å². The lowest BCUT2D eigenvalue weighted by atomic mass is 10.1. The third-order valence-electron chi connectivity index (χ3n) is 2.42. The van der Waals surface area contributed by atoms with E-state index >= 15 is 0 Å². The van der Waals surface area contributed by atoms with E-state index in [1.807, 2.05) is 35.6 Å². The van der Waals surface area contributed by atoms with Crippen molar-refractivity contribution in [3.05, 3.63) is 31.9 Å². The summed E-state index contributed by atoms with van der Waals surface area (Å²) >= 11 is 2.05. The molecule has 1 unspecified atom stereocenters. The molecule has 0 saturated heterocycles. The third-order valence-corrected chi connectivity index (χ3v) is 3.09. The van der Waals surface area contributed by atoms with Crippen molar-refractivity contribution >= 4 is 34.0 Å². The predicted molar refractivity (Wildman–Crippen MR) is 75.2 cm³/mol. The molecule has 0 aromatic heterocycles. The van der Waals surface area contributed by atoms with Gasteiger partial charge in [-0.25, -0.2) is 0 Å². The first kappa shape index (κ1) is 14.2. The standard InChI is InChI=1S/C11H15IN2O3/c1-8(4-5-15)7-13-10-3-2-9(12)6-11(10)14(16)17/h2-3,6,8,13,15H,4-5,7H2,1H3. The molecule has 1 rings (SSSR count). The van der Waals surface area contributed by atoms with Crippen LogP contribution in [0.2, 0.25) is 0 Å². The summed E-state index contributed by atoms with van der Waals surface area (Å²) in [6.07, 6.45) is 0.686. The van der Waals surface area contributed by atoms with Crippen molar-refractivity contribution in [2.75, 3.05) is 18.5 Å². The molecule has 1 atom stereocenters. The van der Waals surface area contributed by atoms with Crippen LogP contribution in [-0.4, -0.2) is 23.2 Å². The summed E-state index contributed by atoms with van der Waals surface area (Å²) in [7, 11) is 0. The Hall–Kier alpha value is -0.890. The summed E-state index contributed by atoms with van der Waals surface area (Å²) in [5.74, 6) is 0.277. The first-order valence-corrected chi connectivity index (χ1v) is 6.41. The van der Waals surface area contributed by atoms with Gasteiger partial charge < -0.3 is 10.4 Å². The van der Waals surface area contributed by atoms with Crippen LogP contribution in [0.25, 0.3) is 0 Å². The highest BCUT2D eigenvalue weighted by Gasteiger charge is 2.14. The fraction of sp³-hybridized carbons (Fsp3) is 0.455. The molecule has 0 bridgehead atoms. The van der Waals surface area contributed by atoms with Crippen molar-refractivity contribution < 1.29 is 10.0 Å². The van der Waals surface area contributed by atoms with Crippen LogP contribution in [0, 0.1) is 19.6 Å². The quantitative estimate of drug-likeness (QED) is 0.470. The largest absolute Gasteiger partial charge is 0.396 e. The van der Waals surface area contributed by atoms with E-state index < -0.39 is 0 Å². The third kappa shape index (κ3) is 4.47. The van der Waals surface area contributed by atoms with E-state index in [-0.39, 0.29) is 23.1 Å². The average Bonchev–Trinajstić information content (AvgIpc) is 2.27. The van der Waals surface area contributed by atoms with Gasteiger partial charge in [-0.2, -0.15) is 0 Å². The SMILES string of the molecule is CC(CCO)CNc1ccc(I)cc1[N+](=O)[O-]. The van der Waals surface area contributed by atoms with Crippen LogP contribution >= 0.6 is 22.6 Å². The minimum atomic E-state index is -0.388. The summed E-state index contributed by atoms with van der Waals surface area (Å²) in [6, 6.07) is 5.08. The van der Waals surface area contributed by atoms with Gasteiger partial charge in [-0.05, 0) is 47.1 Å². The number of hydrogen-bond donors (Lipinski definition) is 2. The van der Waals surface area contributed by atoms with E-state index in [4.69, 9.17) is 5.11 Å². The molecular weight excluding hydrogens is 335 g/mol. The van der Waals surface area contributed by atoms with Gasteiger partial charge in [0, 0.05) is 22.8 Å². The summed E-state index contributed by atoms with van der Waals surface area (Å²) < 4.78 is 0.836. The molecule has 0 aliphatic heterocycles. The lowest BCUT2D eigenvalue weighted by molar-refractivity contribution is -0.384.